The Morgan fingerprint density at radius 2 is 1.70 bits per heavy atom. The minimum atomic E-state index is 0.623. The lowest BCUT2D eigenvalue weighted by molar-refractivity contribution is 0.146. The van der Waals surface area contributed by atoms with Gasteiger partial charge >= 0.3 is 0 Å². The molecule has 1 aromatic carbocycles. The van der Waals surface area contributed by atoms with Gasteiger partial charge in [0.2, 0.25) is 0 Å². The van der Waals surface area contributed by atoms with Crippen LogP contribution in [-0.2, 0) is 4.74 Å². The van der Waals surface area contributed by atoms with E-state index in [1.165, 1.54) is 44.1 Å². The van der Waals surface area contributed by atoms with E-state index in [9.17, 15) is 0 Å². The molecule has 1 aliphatic carbocycles. The maximum Gasteiger partial charge on any atom is 0.119 e. The highest BCUT2D eigenvalue weighted by Crippen LogP contribution is 2.37. The van der Waals surface area contributed by atoms with Gasteiger partial charge in [-0.15, -0.1) is 0 Å². The van der Waals surface area contributed by atoms with Crippen molar-refractivity contribution >= 4 is 0 Å². The van der Waals surface area contributed by atoms with E-state index in [4.69, 9.17) is 9.47 Å². The molecule has 0 aliphatic heterocycles. The number of methoxy groups -OCH3 is 1. The summed E-state index contributed by atoms with van der Waals surface area (Å²) in [5.41, 5.74) is 1.49. The molecule has 0 aromatic heterocycles. The van der Waals surface area contributed by atoms with Crippen molar-refractivity contribution in [2.24, 2.45) is 5.92 Å². The molecular weight excluding hydrogens is 248 g/mol. The molecule has 0 saturated heterocycles. The van der Waals surface area contributed by atoms with Crippen molar-refractivity contribution in [3.8, 4) is 5.75 Å². The van der Waals surface area contributed by atoms with E-state index in [-0.39, 0.29) is 0 Å². The van der Waals surface area contributed by atoms with Gasteiger partial charge in [0, 0.05) is 7.11 Å². The first kappa shape index (κ1) is 15.4. The zero-order valence-electron chi connectivity index (χ0n) is 12.9. The van der Waals surface area contributed by atoms with E-state index in [0.717, 1.165) is 17.6 Å². The van der Waals surface area contributed by atoms with Crippen LogP contribution in [0.15, 0.2) is 24.3 Å². The fourth-order valence-corrected chi connectivity index (χ4v) is 3.27. The molecular formula is C18H28O2. The largest absolute Gasteiger partial charge is 0.491 e. The summed E-state index contributed by atoms with van der Waals surface area (Å²) in [6.45, 7) is 3.57. The first-order valence-electron chi connectivity index (χ1n) is 8.05. The zero-order valence-corrected chi connectivity index (χ0v) is 12.9. The van der Waals surface area contributed by atoms with E-state index in [1.807, 2.05) is 0 Å². The second-order valence-electron chi connectivity index (χ2n) is 5.92. The summed E-state index contributed by atoms with van der Waals surface area (Å²) in [5, 5.41) is 0. The van der Waals surface area contributed by atoms with Crippen molar-refractivity contribution in [2.75, 3.05) is 20.3 Å². The van der Waals surface area contributed by atoms with Gasteiger partial charge < -0.3 is 9.47 Å². The van der Waals surface area contributed by atoms with Crippen molar-refractivity contribution < 1.29 is 9.47 Å². The second kappa shape index (κ2) is 8.31. The zero-order chi connectivity index (χ0) is 14.2. The normalized spacial score (nSPS) is 22.7. The summed E-state index contributed by atoms with van der Waals surface area (Å²) in [6.07, 6.45) is 8.28. The Balaban J connectivity index is 1.81. The van der Waals surface area contributed by atoms with Gasteiger partial charge in [0.15, 0.2) is 0 Å². The monoisotopic (exact) mass is 276 g/mol. The molecule has 1 fully saturated rings. The molecule has 0 bridgehead atoms. The van der Waals surface area contributed by atoms with E-state index >= 15 is 0 Å². The van der Waals surface area contributed by atoms with Crippen molar-refractivity contribution in [1.29, 1.82) is 0 Å². The molecule has 0 atom stereocenters. The van der Waals surface area contributed by atoms with Gasteiger partial charge in [0.25, 0.3) is 0 Å². The Hall–Kier alpha value is -1.02. The average Bonchev–Trinajstić information content (AvgIpc) is 2.49. The maximum atomic E-state index is 5.61. The van der Waals surface area contributed by atoms with Gasteiger partial charge in [0.1, 0.15) is 12.4 Å². The molecule has 0 spiro atoms. The number of hydrogen-bond acceptors (Lipinski definition) is 2. The van der Waals surface area contributed by atoms with Gasteiger partial charge in [-0.05, 0) is 55.2 Å². The van der Waals surface area contributed by atoms with Crippen LogP contribution in [0, 0.1) is 5.92 Å². The minimum Gasteiger partial charge on any atom is -0.491 e. The summed E-state index contributed by atoms with van der Waals surface area (Å²) in [5.74, 6) is 2.69. The van der Waals surface area contributed by atoms with Gasteiger partial charge in [-0.2, -0.15) is 0 Å². The number of ether oxygens (including phenoxy) is 2. The summed E-state index contributed by atoms with van der Waals surface area (Å²) >= 11 is 0. The Bertz CT molecular complexity index is 364. The predicted molar refractivity (Wildman–Crippen MR) is 83.4 cm³/mol. The molecule has 1 aromatic rings. The van der Waals surface area contributed by atoms with Gasteiger partial charge in [-0.1, -0.05) is 31.9 Å². The lowest BCUT2D eigenvalue weighted by atomic mass is 9.77. The van der Waals surface area contributed by atoms with Crippen LogP contribution in [0.1, 0.15) is 56.9 Å². The SMILES string of the molecule is CCCC1CCC(c2ccc(OCCOC)cc2)CC1. The molecule has 0 N–H and O–H groups in total. The smallest absolute Gasteiger partial charge is 0.119 e. The van der Waals surface area contributed by atoms with Crippen LogP contribution in [-0.4, -0.2) is 20.3 Å². The van der Waals surface area contributed by atoms with Crippen molar-refractivity contribution in [1.82, 2.24) is 0 Å². The Morgan fingerprint density at radius 3 is 2.30 bits per heavy atom. The molecule has 2 rings (SSSR count). The fraction of sp³-hybridized carbons (Fsp3) is 0.667. The predicted octanol–water partition coefficient (Wildman–Crippen LogP) is 4.79. The third-order valence-corrected chi connectivity index (χ3v) is 4.45. The van der Waals surface area contributed by atoms with Gasteiger partial charge in [-0.3, -0.25) is 0 Å². The molecule has 112 valence electrons. The van der Waals surface area contributed by atoms with Crippen LogP contribution >= 0.6 is 0 Å². The summed E-state index contributed by atoms with van der Waals surface area (Å²) in [6, 6.07) is 8.69. The summed E-state index contributed by atoms with van der Waals surface area (Å²) < 4.78 is 10.6. The Kier molecular flexibility index (Phi) is 6.38. The highest BCUT2D eigenvalue weighted by molar-refractivity contribution is 5.29. The van der Waals surface area contributed by atoms with Crippen LogP contribution in [0.3, 0.4) is 0 Å². The second-order valence-corrected chi connectivity index (χ2v) is 5.92. The summed E-state index contributed by atoms with van der Waals surface area (Å²) in [4.78, 5) is 0. The third-order valence-electron chi connectivity index (χ3n) is 4.45. The molecule has 2 nitrogen and oxygen atoms in total. The van der Waals surface area contributed by atoms with E-state index in [0.29, 0.717) is 13.2 Å². The molecule has 0 unspecified atom stereocenters. The van der Waals surface area contributed by atoms with Crippen LogP contribution in [0.5, 0.6) is 5.75 Å². The summed E-state index contributed by atoms with van der Waals surface area (Å²) in [7, 11) is 1.70. The lowest BCUT2D eigenvalue weighted by Crippen LogP contribution is -2.13. The quantitative estimate of drug-likeness (QED) is 0.667. The lowest BCUT2D eigenvalue weighted by Gasteiger charge is -2.28. The number of benzene rings is 1. The van der Waals surface area contributed by atoms with Gasteiger partial charge in [0.05, 0.1) is 6.61 Å². The molecule has 1 saturated carbocycles. The fourth-order valence-electron chi connectivity index (χ4n) is 3.27. The number of rotatable bonds is 7. The Labute approximate surface area is 123 Å². The van der Waals surface area contributed by atoms with Gasteiger partial charge in [-0.25, -0.2) is 0 Å². The van der Waals surface area contributed by atoms with Crippen molar-refractivity contribution in [3.05, 3.63) is 29.8 Å². The van der Waals surface area contributed by atoms with Crippen molar-refractivity contribution in [3.63, 3.8) is 0 Å². The maximum absolute atomic E-state index is 5.61. The molecule has 1 aliphatic rings. The molecule has 0 heterocycles. The van der Waals surface area contributed by atoms with E-state index < -0.39 is 0 Å². The minimum absolute atomic E-state index is 0.623. The third kappa shape index (κ3) is 4.52. The van der Waals surface area contributed by atoms with Crippen LogP contribution in [0.2, 0.25) is 0 Å². The average molecular weight is 276 g/mol. The topological polar surface area (TPSA) is 18.5 Å². The first-order valence-corrected chi connectivity index (χ1v) is 8.05. The highest BCUT2D eigenvalue weighted by atomic mass is 16.5. The molecule has 2 heteroatoms. The van der Waals surface area contributed by atoms with Crippen LogP contribution in [0.25, 0.3) is 0 Å². The van der Waals surface area contributed by atoms with Crippen LogP contribution < -0.4 is 4.74 Å². The number of hydrogen-bond donors (Lipinski definition) is 0. The molecule has 20 heavy (non-hydrogen) atoms. The molecule has 0 amide bonds. The van der Waals surface area contributed by atoms with Crippen LogP contribution in [0.4, 0.5) is 0 Å². The van der Waals surface area contributed by atoms with E-state index in [2.05, 4.69) is 31.2 Å². The molecule has 0 radical (unpaired) electrons. The van der Waals surface area contributed by atoms with Crippen molar-refractivity contribution in [2.45, 2.75) is 51.4 Å². The van der Waals surface area contributed by atoms with E-state index in [1.54, 1.807) is 7.11 Å². The standard InChI is InChI=1S/C18H28O2/c1-3-4-15-5-7-16(8-6-15)17-9-11-18(12-10-17)20-14-13-19-2/h9-12,15-16H,3-8,13-14H2,1-2H3. The highest BCUT2D eigenvalue weighted by Gasteiger charge is 2.21. The first-order chi connectivity index (χ1) is 9.83. The Morgan fingerprint density at radius 1 is 1.00 bits per heavy atom.